The van der Waals surface area contributed by atoms with Crippen molar-refractivity contribution in [2.24, 2.45) is 5.10 Å². The van der Waals surface area contributed by atoms with Gasteiger partial charge in [0.05, 0.1) is 24.4 Å². The zero-order valence-corrected chi connectivity index (χ0v) is 15.7. The molecule has 4 rings (SSSR count). The number of rotatable bonds is 4. The number of amides is 3. The Kier molecular flexibility index (Phi) is 4.67. The Hall–Kier alpha value is -2.71. The lowest BCUT2D eigenvalue weighted by molar-refractivity contribution is -0.131. The van der Waals surface area contributed by atoms with Gasteiger partial charge >= 0.3 is 6.03 Å². The first-order valence-corrected chi connectivity index (χ1v) is 9.58. The summed E-state index contributed by atoms with van der Waals surface area (Å²) < 4.78 is 5.37. The van der Waals surface area contributed by atoms with Crippen LogP contribution in [-0.4, -0.2) is 49.5 Å². The second-order valence-corrected chi connectivity index (χ2v) is 7.65. The highest BCUT2D eigenvalue weighted by molar-refractivity contribution is 7.17. The Morgan fingerprint density at radius 1 is 1.15 bits per heavy atom. The Morgan fingerprint density at radius 2 is 1.89 bits per heavy atom. The van der Waals surface area contributed by atoms with E-state index in [2.05, 4.69) is 15.3 Å². The van der Waals surface area contributed by atoms with Gasteiger partial charge in [-0.15, -0.1) is 16.3 Å². The van der Waals surface area contributed by atoms with Gasteiger partial charge in [-0.3, -0.25) is 4.79 Å². The lowest BCUT2D eigenvalue weighted by Gasteiger charge is -2.27. The predicted molar refractivity (Wildman–Crippen MR) is 104 cm³/mol. The molecule has 2 aliphatic heterocycles. The topological polar surface area (TPSA) is 74.2 Å². The number of hydrazone groups is 1. The van der Waals surface area contributed by atoms with Crippen LogP contribution in [0.25, 0.3) is 0 Å². The van der Waals surface area contributed by atoms with Gasteiger partial charge in [-0.25, -0.2) is 4.79 Å². The molecule has 2 aliphatic rings. The number of carbonyl (C=O) groups excluding carboxylic acids is 2. The van der Waals surface area contributed by atoms with Gasteiger partial charge in [-0.1, -0.05) is 30.3 Å². The van der Waals surface area contributed by atoms with Gasteiger partial charge in [-0.2, -0.15) is 5.10 Å². The quantitative estimate of drug-likeness (QED) is 0.649. The third kappa shape index (κ3) is 3.33. The molecular formula is C19H20N4O3S. The van der Waals surface area contributed by atoms with Crippen LogP contribution in [0.4, 0.5) is 9.80 Å². The number of benzene rings is 1. The maximum atomic E-state index is 12.8. The molecule has 1 N–H and O–H groups in total. The molecular weight excluding hydrogens is 364 g/mol. The standard InChI is InChI=1S/C19H20N4O3S/c1-19(14-5-3-2-4-6-14)17(24)23(18(25)21-19)20-13-15-7-8-16(27-15)22-9-11-26-12-10-22/h2-8,13H,9-12H2,1H3,(H,21,25)/b20-13-/t19-/m1/s1. The Labute approximate surface area is 161 Å². The molecule has 0 unspecified atom stereocenters. The first-order chi connectivity index (χ1) is 13.1. The number of nitrogens with one attached hydrogen (secondary N) is 1. The van der Waals surface area contributed by atoms with E-state index in [-0.39, 0.29) is 5.91 Å². The van der Waals surface area contributed by atoms with E-state index in [1.54, 1.807) is 24.5 Å². The molecule has 27 heavy (non-hydrogen) atoms. The van der Waals surface area contributed by atoms with Gasteiger partial charge in [-0.05, 0) is 24.6 Å². The summed E-state index contributed by atoms with van der Waals surface area (Å²) in [5.74, 6) is -0.389. The van der Waals surface area contributed by atoms with E-state index in [1.807, 2.05) is 42.5 Å². The second kappa shape index (κ2) is 7.13. The molecule has 8 heteroatoms. The molecule has 0 saturated carbocycles. The maximum Gasteiger partial charge on any atom is 0.346 e. The van der Waals surface area contributed by atoms with Crippen molar-refractivity contribution in [3.05, 3.63) is 52.9 Å². The number of hydrogen-bond acceptors (Lipinski definition) is 6. The molecule has 1 atom stereocenters. The van der Waals surface area contributed by atoms with Crippen molar-refractivity contribution in [3.63, 3.8) is 0 Å². The number of nitrogens with zero attached hydrogens (tertiary/aromatic N) is 3. The summed E-state index contributed by atoms with van der Waals surface area (Å²) in [4.78, 5) is 28.3. The van der Waals surface area contributed by atoms with Crippen LogP contribution in [0.15, 0.2) is 47.6 Å². The number of imide groups is 1. The number of morpholine rings is 1. The smallest absolute Gasteiger partial charge is 0.346 e. The minimum Gasteiger partial charge on any atom is -0.378 e. The van der Waals surface area contributed by atoms with Gasteiger partial charge in [0.25, 0.3) is 5.91 Å². The summed E-state index contributed by atoms with van der Waals surface area (Å²) in [6.07, 6.45) is 1.56. The van der Waals surface area contributed by atoms with Crippen LogP contribution in [0.1, 0.15) is 17.4 Å². The molecule has 0 aliphatic carbocycles. The van der Waals surface area contributed by atoms with Crippen molar-refractivity contribution in [2.45, 2.75) is 12.5 Å². The number of thiophene rings is 1. The Balaban J connectivity index is 1.50. The van der Waals surface area contributed by atoms with Crippen LogP contribution < -0.4 is 10.2 Å². The molecule has 0 radical (unpaired) electrons. The summed E-state index contributed by atoms with van der Waals surface area (Å²) in [6, 6.07) is 12.6. The zero-order valence-electron chi connectivity index (χ0n) is 14.9. The number of urea groups is 1. The SMILES string of the molecule is C[C@]1(c2ccccc2)NC(=O)N(/N=C\c2ccc(N3CCOCC3)s2)C1=O. The number of hydrogen-bond donors (Lipinski definition) is 1. The van der Waals surface area contributed by atoms with Crippen molar-refractivity contribution in [1.29, 1.82) is 0 Å². The molecule has 2 saturated heterocycles. The average Bonchev–Trinajstić information content (AvgIpc) is 3.26. The van der Waals surface area contributed by atoms with Crippen molar-refractivity contribution < 1.29 is 14.3 Å². The average molecular weight is 384 g/mol. The van der Waals surface area contributed by atoms with Crippen molar-refractivity contribution in [2.75, 3.05) is 31.2 Å². The first-order valence-electron chi connectivity index (χ1n) is 8.77. The number of carbonyl (C=O) groups is 2. The van der Waals surface area contributed by atoms with Crippen molar-refractivity contribution in [1.82, 2.24) is 10.3 Å². The molecule has 1 aromatic carbocycles. The highest BCUT2D eigenvalue weighted by atomic mass is 32.1. The molecule has 3 amide bonds. The van der Waals surface area contributed by atoms with Gasteiger partial charge in [0, 0.05) is 18.0 Å². The van der Waals surface area contributed by atoms with Gasteiger partial charge in [0.15, 0.2) is 0 Å². The van der Waals surface area contributed by atoms with Crippen LogP contribution in [0.3, 0.4) is 0 Å². The number of anilines is 1. The van der Waals surface area contributed by atoms with Crippen LogP contribution in [0, 0.1) is 0 Å². The first kappa shape index (κ1) is 17.7. The highest BCUT2D eigenvalue weighted by Crippen LogP contribution is 2.29. The fraction of sp³-hybridized carbons (Fsp3) is 0.316. The molecule has 1 aromatic heterocycles. The van der Waals surface area contributed by atoms with Crippen molar-refractivity contribution >= 4 is 34.5 Å². The fourth-order valence-corrected chi connectivity index (χ4v) is 4.10. The van der Waals surface area contributed by atoms with Crippen LogP contribution >= 0.6 is 11.3 Å². The molecule has 140 valence electrons. The van der Waals surface area contributed by atoms with Gasteiger partial charge in [0.2, 0.25) is 0 Å². The lowest BCUT2D eigenvalue weighted by atomic mass is 9.92. The number of ether oxygens (including phenoxy) is 1. The van der Waals surface area contributed by atoms with Crippen molar-refractivity contribution in [3.8, 4) is 0 Å². The second-order valence-electron chi connectivity index (χ2n) is 6.56. The van der Waals surface area contributed by atoms with Crippen LogP contribution in [0.5, 0.6) is 0 Å². The van der Waals surface area contributed by atoms with Gasteiger partial charge < -0.3 is 15.0 Å². The minimum absolute atomic E-state index is 0.389. The minimum atomic E-state index is -1.11. The summed E-state index contributed by atoms with van der Waals surface area (Å²) in [5, 5.41) is 8.93. The largest absolute Gasteiger partial charge is 0.378 e. The van der Waals surface area contributed by atoms with E-state index < -0.39 is 11.6 Å². The van der Waals surface area contributed by atoms with Gasteiger partial charge in [0.1, 0.15) is 5.54 Å². The molecule has 3 heterocycles. The fourth-order valence-electron chi connectivity index (χ4n) is 3.18. The van der Waals surface area contributed by atoms with E-state index >= 15 is 0 Å². The van der Waals surface area contributed by atoms with E-state index in [0.29, 0.717) is 0 Å². The maximum absolute atomic E-state index is 12.8. The van der Waals surface area contributed by atoms with E-state index in [9.17, 15) is 9.59 Å². The molecule has 0 bridgehead atoms. The molecule has 7 nitrogen and oxygen atoms in total. The van der Waals surface area contributed by atoms with E-state index in [1.165, 1.54) is 0 Å². The Bertz CT molecular complexity index is 876. The Morgan fingerprint density at radius 3 is 2.63 bits per heavy atom. The van der Waals surface area contributed by atoms with Crippen LogP contribution in [-0.2, 0) is 15.1 Å². The normalized spacial score (nSPS) is 23.3. The highest BCUT2D eigenvalue weighted by Gasteiger charge is 2.49. The van der Waals surface area contributed by atoms with E-state index in [0.717, 1.165) is 46.8 Å². The predicted octanol–water partition coefficient (Wildman–Crippen LogP) is 2.39. The third-order valence-electron chi connectivity index (χ3n) is 4.76. The summed E-state index contributed by atoms with van der Waals surface area (Å²) >= 11 is 1.57. The summed E-state index contributed by atoms with van der Waals surface area (Å²) in [7, 11) is 0. The van der Waals surface area contributed by atoms with Crippen LogP contribution in [0.2, 0.25) is 0 Å². The third-order valence-corrected chi connectivity index (χ3v) is 5.84. The lowest BCUT2D eigenvalue weighted by Crippen LogP contribution is -2.40. The molecule has 0 spiro atoms. The van der Waals surface area contributed by atoms with E-state index in [4.69, 9.17) is 4.74 Å². The zero-order chi connectivity index (χ0) is 18.9. The monoisotopic (exact) mass is 384 g/mol. The summed E-state index contributed by atoms with van der Waals surface area (Å²) in [5.41, 5.74) is -0.379. The molecule has 2 aromatic rings. The molecule has 2 fully saturated rings. The summed E-state index contributed by atoms with van der Waals surface area (Å²) in [6.45, 7) is 4.86.